The summed E-state index contributed by atoms with van der Waals surface area (Å²) in [6.45, 7) is 21.4. The predicted octanol–water partition coefficient (Wildman–Crippen LogP) is 7.02. The Labute approximate surface area is 543 Å². The molecule has 518 valence electrons. The van der Waals surface area contributed by atoms with Gasteiger partial charge in [-0.15, -0.1) is 0 Å². The fraction of sp³-hybridized carbons (Fsp3) is 0.779. The highest BCUT2D eigenvalue weighted by Gasteiger charge is 2.65. The van der Waals surface area contributed by atoms with Crippen LogP contribution in [0.15, 0.2) is 58.4 Å². The highest BCUT2D eigenvalue weighted by atomic mass is 16.7. The first-order valence-electron chi connectivity index (χ1n) is 33.4. The Bertz CT molecular complexity index is 2950. The summed E-state index contributed by atoms with van der Waals surface area (Å²) in [5, 5.41) is 62.2. The zero-order valence-corrected chi connectivity index (χ0v) is 55.7. The minimum Gasteiger partial charge on any atom is -0.511 e. The number of carbonyl (C=O) groups is 5. The first kappa shape index (κ1) is 70.8. The van der Waals surface area contributed by atoms with Gasteiger partial charge in [0, 0.05) is 61.7 Å². The first-order chi connectivity index (χ1) is 43.9. The molecule has 10 aliphatic rings. The summed E-state index contributed by atoms with van der Waals surface area (Å²) >= 11 is 0. The van der Waals surface area contributed by atoms with Gasteiger partial charge in [-0.05, 0) is 121 Å². The van der Waals surface area contributed by atoms with Crippen LogP contribution in [0.4, 0.5) is 4.79 Å². The highest BCUT2D eigenvalue weighted by Crippen LogP contribution is 2.61. The molecule has 29 atom stereocenters. The van der Waals surface area contributed by atoms with Crippen LogP contribution in [-0.4, -0.2) is 190 Å². The number of nitrogens with zero attached hydrogens (tertiary/aromatic N) is 1. The van der Waals surface area contributed by atoms with E-state index in [1.54, 1.807) is 26.8 Å². The second-order valence-electron chi connectivity index (χ2n) is 28.8. The number of nitro groups is 1. The van der Waals surface area contributed by atoms with Crippen molar-refractivity contribution in [3.05, 3.63) is 68.5 Å². The summed E-state index contributed by atoms with van der Waals surface area (Å²) in [5.41, 5.74) is -4.89. The molecule has 2 bridgehead atoms. The number of amides is 1. The summed E-state index contributed by atoms with van der Waals surface area (Å²) in [6, 6.07) is -1.12. The van der Waals surface area contributed by atoms with E-state index in [-0.39, 0.29) is 61.2 Å². The molecule has 2 saturated carbocycles. The third kappa shape index (κ3) is 14.0. The van der Waals surface area contributed by atoms with Crippen LogP contribution in [0.1, 0.15) is 154 Å². The standard InChI is InChI=1S/C68H98N2O23/c1-31-14-19-49(89-55-29-66(11,70(80)81)61(39(9)86-55)69-65(79)82-13)33(3)24-45-47(74)25-41(30-71)28-68(45)63(77)56(64(78)93-68)62(76)67(12)44(31)17-16-43-57(67)34(4)22-35(5)58(43)92-54-27-51(60(38(8)85-54)87-40(10)72)91-52-21-20-50(36(6)83-52)90-53-26-48(75)59(37(7)84-53)88-42-15-18-46(73)32(2)23-42/h14,16-17,24-25,30,32,34-39,42-55,57-61,73-76H,15,18-23,26-29H2,1-13H3,(H,69,79)/b31-14+,33-24+,62-56?/t32-,34+,35+,36+,37+,38+,39-,42+,43?,44+,45-,46?,47+,48-,49+,50?,51-,52+,53+,54+,55+,57-,58+,59?,60?,61?,66?,67-,68?/m1/s1. The van der Waals surface area contributed by atoms with Gasteiger partial charge in [0.2, 0.25) is 11.3 Å². The smallest absolute Gasteiger partial charge is 0.407 e. The molecule has 8 unspecified atom stereocenters. The molecule has 0 radical (unpaired) electrons. The quantitative estimate of drug-likeness (QED) is 0.0222. The molecule has 5 N–H and O–H groups in total. The van der Waals surface area contributed by atoms with E-state index in [0.717, 1.165) is 12.7 Å². The number of aldehydes is 1. The molecule has 25 nitrogen and oxygen atoms in total. The number of ketones is 1. The van der Waals surface area contributed by atoms with Crippen LogP contribution in [0.3, 0.4) is 0 Å². The molecule has 0 aromatic heterocycles. The van der Waals surface area contributed by atoms with Crippen LogP contribution in [-0.2, 0) is 76.0 Å². The van der Waals surface area contributed by atoms with Gasteiger partial charge in [0.15, 0.2) is 36.9 Å². The maximum Gasteiger partial charge on any atom is 0.407 e. The molecule has 25 heteroatoms. The van der Waals surface area contributed by atoms with Crippen molar-refractivity contribution in [1.29, 1.82) is 0 Å². The molecular weight excluding hydrogens is 1210 g/mol. The predicted molar refractivity (Wildman–Crippen MR) is 328 cm³/mol. The van der Waals surface area contributed by atoms with E-state index in [1.807, 2.05) is 46.8 Å². The summed E-state index contributed by atoms with van der Waals surface area (Å²) in [7, 11) is 1.15. The highest BCUT2D eigenvalue weighted by molar-refractivity contribution is 6.26. The van der Waals surface area contributed by atoms with E-state index in [4.69, 9.17) is 56.8 Å². The molecule has 5 heterocycles. The SMILES string of the molecule is COC(=O)NC1[C@@H](C)O[C@@H](O[C@H]2C/C=C(\C)[C@@H]3C=CC4[C@@H](O[C@H]5C[C@@H](O[C@H]6CCC(O[C@H]7C[C@@H](O)C(O[C@H]8CCC(O)[C@H](C)C8)[C@H](C)O7)[C@H](C)O6)C(OC(C)=O)[C@H](C)O5)[C@@H](C)C[C@H](C)[C@H]4[C@]3(C)C(O)=C3C(=O)OC4(CC(C=O)=C[C@H](O)[C@H]4/C=C/2C)C3=O)CC1(C)[N+](=O)[O-]. The van der Waals surface area contributed by atoms with Gasteiger partial charge in [0.25, 0.3) is 0 Å². The minimum absolute atomic E-state index is 0.000788. The Morgan fingerprint density at radius 3 is 2.06 bits per heavy atom. The lowest BCUT2D eigenvalue weighted by Crippen LogP contribution is -2.65. The number of fused-ring (bicyclic) bond motifs is 4. The van der Waals surface area contributed by atoms with Crippen molar-refractivity contribution in [2.75, 3.05) is 7.11 Å². The molecule has 1 spiro atoms. The van der Waals surface area contributed by atoms with E-state index in [2.05, 4.69) is 25.2 Å². The second kappa shape index (κ2) is 28.2. The van der Waals surface area contributed by atoms with Crippen LogP contribution in [0.25, 0.3) is 0 Å². The molecule has 7 fully saturated rings. The first-order valence-corrected chi connectivity index (χ1v) is 33.4. The van der Waals surface area contributed by atoms with Crippen molar-refractivity contribution in [2.45, 2.75) is 282 Å². The van der Waals surface area contributed by atoms with Crippen molar-refractivity contribution in [2.24, 2.45) is 46.8 Å². The number of Topliss-reactive ketones (excluding diaryl/α,β-unsaturated/α-hetero) is 1. The van der Waals surface area contributed by atoms with Gasteiger partial charge in [-0.2, -0.15) is 0 Å². The molecule has 10 rings (SSSR count). The lowest BCUT2D eigenvalue weighted by Gasteiger charge is -2.56. The van der Waals surface area contributed by atoms with Crippen LogP contribution < -0.4 is 5.32 Å². The number of methoxy groups -OCH3 is 1. The number of hydrogen-bond donors (Lipinski definition) is 5. The van der Waals surface area contributed by atoms with Gasteiger partial charge < -0.3 is 82.6 Å². The van der Waals surface area contributed by atoms with E-state index in [1.165, 1.54) is 19.9 Å². The Morgan fingerprint density at radius 1 is 0.731 bits per heavy atom. The van der Waals surface area contributed by atoms with Crippen molar-refractivity contribution < 1.29 is 106 Å². The Hall–Kier alpha value is -5.03. The molecule has 93 heavy (non-hydrogen) atoms. The van der Waals surface area contributed by atoms with Gasteiger partial charge in [0.1, 0.15) is 35.9 Å². The zero-order valence-electron chi connectivity index (χ0n) is 55.7. The van der Waals surface area contributed by atoms with Gasteiger partial charge in [-0.25, -0.2) is 9.59 Å². The van der Waals surface area contributed by atoms with Crippen molar-refractivity contribution in [3.8, 4) is 0 Å². The largest absolute Gasteiger partial charge is 0.511 e. The number of carbonyl (C=O) groups excluding carboxylic acids is 5. The van der Waals surface area contributed by atoms with Gasteiger partial charge >= 0.3 is 18.0 Å². The van der Waals surface area contributed by atoms with Crippen molar-refractivity contribution >= 4 is 30.1 Å². The number of ether oxygens (including phenoxy) is 12. The number of allylic oxidation sites excluding steroid dienone is 3. The minimum atomic E-state index is -2.20. The number of aliphatic hydroxyl groups is 4. The molecule has 1 amide bonds. The monoisotopic (exact) mass is 1310 g/mol. The van der Waals surface area contributed by atoms with Gasteiger partial charge in [0.05, 0.1) is 86.6 Å². The van der Waals surface area contributed by atoms with Crippen LogP contribution in [0, 0.1) is 57.0 Å². The Balaban J connectivity index is 0.904. The lowest BCUT2D eigenvalue weighted by atomic mass is 9.49. The lowest BCUT2D eigenvalue weighted by molar-refractivity contribution is -0.584. The molecule has 5 saturated heterocycles. The number of nitrogens with one attached hydrogen (secondary N) is 1. The average molecular weight is 1310 g/mol. The molecule has 0 aromatic rings. The number of rotatable bonds is 14. The summed E-state index contributed by atoms with van der Waals surface area (Å²) in [5.74, 6) is -6.32. The van der Waals surface area contributed by atoms with Crippen LogP contribution in [0.5, 0.6) is 0 Å². The van der Waals surface area contributed by atoms with E-state index in [0.29, 0.717) is 50.4 Å². The fourth-order valence-electron chi connectivity index (χ4n) is 17.4. The summed E-state index contributed by atoms with van der Waals surface area (Å²) in [4.78, 5) is 80.5. The van der Waals surface area contributed by atoms with Crippen LogP contribution >= 0.6 is 0 Å². The topological polar surface area (TPSA) is 332 Å². The maximum absolute atomic E-state index is 15.6. The fourth-order valence-corrected chi connectivity index (χ4v) is 17.4. The van der Waals surface area contributed by atoms with E-state index >= 15 is 4.79 Å². The van der Waals surface area contributed by atoms with E-state index < -0.39 is 191 Å². The summed E-state index contributed by atoms with van der Waals surface area (Å²) in [6.07, 6.45) is -1.46. The number of esters is 2. The third-order valence-electron chi connectivity index (χ3n) is 22.2. The Morgan fingerprint density at radius 2 is 1.41 bits per heavy atom. The molecule has 0 aromatic carbocycles. The molecular formula is C68H98N2O23. The van der Waals surface area contributed by atoms with Gasteiger partial charge in [-0.3, -0.25) is 24.5 Å². The average Bonchev–Trinajstić information content (AvgIpc) is 1.68. The number of hydrogen-bond acceptors (Lipinski definition) is 23. The summed E-state index contributed by atoms with van der Waals surface area (Å²) < 4.78 is 76.1. The van der Waals surface area contributed by atoms with Crippen molar-refractivity contribution in [1.82, 2.24) is 5.32 Å². The number of alkyl carbamates (subject to hydrolysis) is 1. The van der Waals surface area contributed by atoms with E-state index in [9.17, 15) is 49.7 Å². The normalized spacial score (nSPS) is 47.4. The zero-order chi connectivity index (χ0) is 67.5. The molecule has 5 aliphatic heterocycles. The number of aliphatic hydroxyl groups excluding tert-OH is 4. The Kier molecular flexibility index (Phi) is 21.5. The van der Waals surface area contributed by atoms with Crippen molar-refractivity contribution in [3.63, 3.8) is 0 Å². The molecule has 5 aliphatic carbocycles. The second-order valence-corrected chi connectivity index (χ2v) is 28.8. The van der Waals surface area contributed by atoms with Crippen LogP contribution in [0.2, 0.25) is 0 Å². The maximum atomic E-state index is 15.6. The van der Waals surface area contributed by atoms with Gasteiger partial charge in [-0.1, -0.05) is 57.6 Å². The third-order valence-corrected chi connectivity index (χ3v) is 22.2.